The molecule has 0 aliphatic carbocycles. The number of pyridine rings is 1. The fraction of sp³-hybridized carbons (Fsp3) is 0.486. The van der Waals surface area contributed by atoms with Crippen molar-refractivity contribution in [1.82, 2.24) is 14.8 Å². The van der Waals surface area contributed by atoms with E-state index >= 15 is 4.39 Å². The molecule has 280 valence electrons. The van der Waals surface area contributed by atoms with Crippen molar-refractivity contribution >= 4 is 11.9 Å². The van der Waals surface area contributed by atoms with E-state index in [9.17, 15) is 40.7 Å². The Hall–Kier alpha value is -4.20. The van der Waals surface area contributed by atoms with Crippen LogP contribution < -0.4 is 10.9 Å². The van der Waals surface area contributed by atoms with Gasteiger partial charge in [0.1, 0.15) is 11.9 Å². The van der Waals surface area contributed by atoms with E-state index in [1.807, 2.05) is 6.92 Å². The number of esters is 1. The zero-order valence-corrected chi connectivity index (χ0v) is 29.9. The van der Waals surface area contributed by atoms with Gasteiger partial charge in [0.05, 0.1) is 30.2 Å². The van der Waals surface area contributed by atoms with Gasteiger partial charge in [-0.2, -0.15) is 26.3 Å². The lowest BCUT2D eigenvalue weighted by Crippen LogP contribution is -2.41. The summed E-state index contributed by atoms with van der Waals surface area (Å²) >= 11 is 0. The first kappa shape index (κ1) is 41.2. The molecule has 0 aliphatic heterocycles. The SMILES string of the molecule is CCOC(=O)C[C@H](NC(=O)C(CC(C)C)n1cc(CCN(C)C)c(C(F)(F)F)cc1=O)c1cc(-c2c(C)cc(C)cc2C)cc(C(F)(F)F)c1F. The van der Waals surface area contributed by atoms with E-state index in [0.717, 1.165) is 22.4 Å². The molecule has 1 N–H and O–H groups in total. The van der Waals surface area contributed by atoms with Crippen LogP contribution in [-0.4, -0.2) is 48.6 Å². The topological polar surface area (TPSA) is 80.6 Å². The van der Waals surface area contributed by atoms with Crippen LogP contribution >= 0.6 is 0 Å². The van der Waals surface area contributed by atoms with Crippen molar-refractivity contribution < 1.29 is 45.1 Å². The van der Waals surface area contributed by atoms with Gasteiger partial charge in [0.25, 0.3) is 5.56 Å². The number of hydrogen-bond donors (Lipinski definition) is 1. The summed E-state index contributed by atoms with van der Waals surface area (Å²) < 4.78 is 107. The van der Waals surface area contributed by atoms with E-state index in [1.54, 1.807) is 58.8 Å². The van der Waals surface area contributed by atoms with Crippen LogP contribution in [0, 0.1) is 32.5 Å². The normalized spacial score (nSPS) is 13.4. The molecular weight excluding hydrogens is 683 g/mol. The van der Waals surface area contributed by atoms with Crippen LogP contribution in [0.1, 0.15) is 84.6 Å². The van der Waals surface area contributed by atoms with Crippen molar-refractivity contribution in [1.29, 1.82) is 0 Å². The molecule has 0 aliphatic rings. The van der Waals surface area contributed by atoms with Gasteiger partial charge >= 0.3 is 18.3 Å². The molecule has 0 fully saturated rings. The van der Waals surface area contributed by atoms with Crippen molar-refractivity contribution in [2.45, 2.75) is 85.2 Å². The third kappa shape index (κ3) is 10.4. The summed E-state index contributed by atoms with van der Waals surface area (Å²) in [4.78, 5) is 41.8. The van der Waals surface area contributed by atoms with Gasteiger partial charge in [-0.25, -0.2) is 4.39 Å². The third-order valence-corrected chi connectivity index (χ3v) is 8.37. The summed E-state index contributed by atoms with van der Waals surface area (Å²) in [7, 11) is 3.31. The second-order valence-electron chi connectivity index (χ2n) is 13.4. The van der Waals surface area contributed by atoms with E-state index < -0.39 is 70.8 Å². The standard InChI is InChI=1S/C37H44F7N3O4/c1-9-51-32(49)18-29(26-15-25(16-28(34(26)38)37(42,43)44)33-22(5)13-21(4)14-23(33)6)45-35(50)30(12-20(2)3)47-19-24(10-11-46(7)8)27(17-31(47)48)36(39,40)41/h13-17,19-20,29-30H,9-12,18H2,1-8H3,(H,45,50)/t29-,30?/m0/s1. The number of hydrogen-bond acceptors (Lipinski definition) is 5. The molecule has 2 atom stereocenters. The zero-order valence-electron chi connectivity index (χ0n) is 29.9. The van der Waals surface area contributed by atoms with Crippen molar-refractivity contribution in [2.75, 3.05) is 27.2 Å². The smallest absolute Gasteiger partial charge is 0.419 e. The molecule has 3 aromatic rings. The first-order valence-corrected chi connectivity index (χ1v) is 16.5. The van der Waals surface area contributed by atoms with Crippen molar-refractivity contribution in [3.05, 3.63) is 91.6 Å². The van der Waals surface area contributed by atoms with Crippen molar-refractivity contribution in [3.63, 3.8) is 0 Å². The zero-order chi connectivity index (χ0) is 38.6. The fourth-order valence-electron chi connectivity index (χ4n) is 6.22. The van der Waals surface area contributed by atoms with Crippen molar-refractivity contribution in [2.24, 2.45) is 5.92 Å². The highest BCUT2D eigenvalue weighted by molar-refractivity contribution is 5.82. The third-order valence-electron chi connectivity index (χ3n) is 8.37. The number of nitrogens with zero attached hydrogens (tertiary/aromatic N) is 2. The minimum atomic E-state index is -5.17. The maximum atomic E-state index is 16.0. The molecule has 0 saturated heterocycles. The summed E-state index contributed by atoms with van der Waals surface area (Å²) in [5, 5.41) is 2.47. The molecule has 3 rings (SSSR count). The number of nitrogens with one attached hydrogen (secondary N) is 1. The fourth-order valence-corrected chi connectivity index (χ4v) is 6.22. The number of carbonyl (C=O) groups excluding carboxylic acids is 2. The minimum Gasteiger partial charge on any atom is -0.466 e. The van der Waals surface area contributed by atoms with Gasteiger partial charge in [0.2, 0.25) is 5.91 Å². The van der Waals surface area contributed by atoms with Crippen molar-refractivity contribution in [3.8, 4) is 11.1 Å². The molecule has 14 heteroatoms. The Morgan fingerprint density at radius 3 is 2.02 bits per heavy atom. The molecule has 2 aromatic carbocycles. The Morgan fingerprint density at radius 1 is 0.922 bits per heavy atom. The lowest BCUT2D eigenvalue weighted by molar-refractivity contribution is -0.144. The highest BCUT2D eigenvalue weighted by Gasteiger charge is 2.39. The summed E-state index contributed by atoms with van der Waals surface area (Å²) in [5.74, 6) is -4.00. The van der Waals surface area contributed by atoms with Crippen LogP contribution in [0.25, 0.3) is 11.1 Å². The summed E-state index contributed by atoms with van der Waals surface area (Å²) in [6.45, 7) is 10.1. The van der Waals surface area contributed by atoms with Crippen LogP contribution in [-0.2, 0) is 33.1 Å². The largest absolute Gasteiger partial charge is 0.466 e. The van der Waals surface area contributed by atoms with E-state index in [0.29, 0.717) is 28.8 Å². The Morgan fingerprint density at radius 2 is 1.51 bits per heavy atom. The molecule has 1 aromatic heterocycles. The van der Waals surface area contributed by atoms with Gasteiger partial charge in [-0.15, -0.1) is 0 Å². The number of carbonyl (C=O) groups is 2. The number of benzene rings is 2. The number of aromatic nitrogens is 1. The Kier molecular flexibility index (Phi) is 13.3. The van der Waals surface area contributed by atoms with E-state index in [2.05, 4.69) is 5.32 Å². The quantitative estimate of drug-likeness (QED) is 0.142. The molecule has 0 saturated carbocycles. The summed E-state index contributed by atoms with van der Waals surface area (Å²) in [5.41, 5.74) is -2.40. The van der Waals surface area contributed by atoms with Gasteiger partial charge in [0, 0.05) is 24.4 Å². The van der Waals surface area contributed by atoms with Crippen LogP contribution in [0.4, 0.5) is 30.7 Å². The van der Waals surface area contributed by atoms with E-state index in [1.165, 1.54) is 6.92 Å². The van der Waals surface area contributed by atoms with Gasteiger partial charge in [-0.3, -0.25) is 14.4 Å². The average molecular weight is 728 g/mol. The number of alkyl halides is 6. The Bertz CT molecular complexity index is 1770. The predicted molar refractivity (Wildman–Crippen MR) is 180 cm³/mol. The van der Waals surface area contributed by atoms with Gasteiger partial charge in [0.15, 0.2) is 0 Å². The van der Waals surface area contributed by atoms with E-state index in [-0.39, 0.29) is 43.0 Å². The molecule has 1 heterocycles. The molecular formula is C37H44F7N3O4. The first-order chi connectivity index (χ1) is 23.5. The molecule has 1 unspecified atom stereocenters. The molecule has 1 amide bonds. The maximum Gasteiger partial charge on any atom is 0.419 e. The average Bonchev–Trinajstić information content (AvgIpc) is 2.98. The number of amides is 1. The number of aryl methyl sites for hydroxylation is 3. The highest BCUT2D eigenvalue weighted by atomic mass is 19.4. The minimum absolute atomic E-state index is 0.0138. The molecule has 0 spiro atoms. The van der Waals surface area contributed by atoms with Crippen LogP contribution in [0.2, 0.25) is 0 Å². The van der Waals surface area contributed by atoms with E-state index in [4.69, 9.17) is 4.74 Å². The predicted octanol–water partition coefficient (Wildman–Crippen LogP) is 8.12. The summed E-state index contributed by atoms with van der Waals surface area (Å²) in [6, 6.07) is 2.52. The first-order valence-electron chi connectivity index (χ1n) is 16.5. The highest BCUT2D eigenvalue weighted by Crippen LogP contribution is 2.40. The monoisotopic (exact) mass is 727 g/mol. The lowest BCUT2D eigenvalue weighted by atomic mass is 9.89. The van der Waals surface area contributed by atoms with Gasteiger partial charge in [-0.1, -0.05) is 31.5 Å². The maximum absolute atomic E-state index is 16.0. The molecule has 7 nitrogen and oxygen atoms in total. The summed E-state index contributed by atoms with van der Waals surface area (Å²) in [6.07, 6.45) is -10.1. The number of ether oxygens (including phenoxy) is 1. The second kappa shape index (κ2) is 16.4. The van der Waals surface area contributed by atoms with Crippen LogP contribution in [0.15, 0.2) is 41.3 Å². The number of halogens is 7. The molecule has 0 radical (unpaired) electrons. The second-order valence-corrected chi connectivity index (χ2v) is 13.4. The van der Waals surface area contributed by atoms with Gasteiger partial charge in [-0.05, 0) is 100 Å². The molecule has 0 bridgehead atoms. The van der Waals surface area contributed by atoms with Gasteiger partial charge < -0.3 is 19.5 Å². The lowest BCUT2D eigenvalue weighted by Gasteiger charge is -2.27. The number of rotatable bonds is 13. The Balaban J connectivity index is 2.27. The number of likely N-dealkylation sites (N-methyl/N-ethyl adjacent to an activating group) is 1. The molecule has 51 heavy (non-hydrogen) atoms. The Labute approximate surface area is 292 Å². The van der Waals surface area contributed by atoms with Crippen LogP contribution in [0.3, 0.4) is 0 Å². The van der Waals surface area contributed by atoms with Crippen LogP contribution in [0.5, 0.6) is 0 Å².